The largest absolute Gasteiger partial charge is 0.457 e. The number of benzene rings is 3. The van der Waals surface area contributed by atoms with Crippen molar-refractivity contribution >= 4 is 28.6 Å². The number of halogens is 1. The third-order valence-electron chi connectivity index (χ3n) is 5.33. The second kappa shape index (κ2) is 9.02. The van der Waals surface area contributed by atoms with Gasteiger partial charge in [0.25, 0.3) is 0 Å². The van der Waals surface area contributed by atoms with Crippen LogP contribution in [0.15, 0.2) is 71.1 Å². The van der Waals surface area contributed by atoms with E-state index >= 15 is 0 Å². The molecule has 0 unspecified atom stereocenters. The van der Waals surface area contributed by atoms with Crippen LogP contribution in [0.2, 0.25) is 5.02 Å². The highest BCUT2D eigenvalue weighted by Crippen LogP contribution is 2.30. The molecule has 162 valence electrons. The standard InChI is InChI=1S/C25H21ClN2O4/c26-19-5-7-20(8-6-19)31-21-9-10-23-22(16-21)27-25(32-23)18-3-1-17(2-4-18)15-24(29)28-11-13-30-14-12-28/h1-10,16H,11-15H2. The molecule has 3 aromatic carbocycles. The molecule has 1 fully saturated rings. The van der Waals surface area contributed by atoms with E-state index in [0.717, 1.165) is 11.1 Å². The molecule has 0 spiro atoms. The van der Waals surface area contributed by atoms with Gasteiger partial charge in [0.1, 0.15) is 17.0 Å². The van der Waals surface area contributed by atoms with Gasteiger partial charge in [-0.25, -0.2) is 4.98 Å². The van der Waals surface area contributed by atoms with Gasteiger partial charge in [0, 0.05) is 29.7 Å². The van der Waals surface area contributed by atoms with E-state index in [1.54, 1.807) is 12.1 Å². The molecule has 1 aromatic heterocycles. The maximum absolute atomic E-state index is 12.4. The van der Waals surface area contributed by atoms with E-state index in [2.05, 4.69) is 4.98 Å². The highest BCUT2D eigenvalue weighted by Gasteiger charge is 2.17. The molecule has 0 N–H and O–H groups in total. The smallest absolute Gasteiger partial charge is 0.227 e. The van der Waals surface area contributed by atoms with Gasteiger partial charge in [-0.2, -0.15) is 0 Å². The Morgan fingerprint density at radius 3 is 2.44 bits per heavy atom. The number of carbonyl (C=O) groups excluding carboxylic acids is 1. The summed E-state index contributed by atoms with van der Waals surface area (Å²) in [6.45, 7) is 2.52. The fourth-order valence-corrected chi connectivity index (χ4v) is 3.72. The SMILES string of the molecule is O=C(Cc1ccc(-c2nc3cc(Oc4ccc(Cl)cc4)ccc3o2)cc1)N1CCOCC1. The molecule has 32 heavy (non-hydrogen) atoms. The number of oxazole rings is 1. The zero-order valence-corrected chi connectivity index (χ0v) is 18.0. The number of ether oxygens (including phenoxy) is 2. The number of aromatic nitrogens is 1. The molecule has 2 heterocycles. The van der Waals surface area contributed by atoms with Gasteiger partial charge in [-0.1, -0.05) is 23.7 Å². The van der Waals surface area contributed by atoms with Crippen LogP contribution in [0.3, 0.4) is 0 Å². The van der Waals surface area contributed by atoms with Crippen molar-refractivity contribution in [1.29, 1.82) is 0 Å². The Balaban J connectivity index is 1.29. The van der Waals surface area contributed by atoms with Gasteiger partial charge in [0.05, 0.1) is 19.6 Å². The first-order chi connectivity index (χ1) is 15.6. The molecule has 6 nitrogen and oxygen atoms in total. The van der Waals surface area contributed by atoms with Crippen LogP contribution in [-0.4, -0.2) is 42.1 Å². The van der Waals surface area contributed by atoms with Gasteiger partial charge in [0.2, 0.25) is 11.8 Å². The van der Waals surface area contributed by atoms with Crippen molar-refractivity contribution in [3.05, 3.63) is 77.3 Å². The molecule has 0 atom stereocenters. The Morgan fingerprint density at radius 2 is 1.69 bits per heavy atom. The van der Waals surface area contributed by atoms with Gasteiger partial charge in [0.15, 0.2) is 5.58 Å². The fraction of sp³-hybridized carbons (Fsp3) is 0.200. The summed E-state index contributed by atoms with van der Waals surface area (Å²) in [7, 11) is 0. The number of hydrogen-bond acceptors (Lipinski definition) is 5. The summed E-state index contributed by atoms with van der Waals surface area (Å²) >= 11 is 5.92. The Kier molecular flexibility index (Phi) is 5.79. The van der Waals surface area contributed by atoms with Crippen molar-refractivity contribution in [2.75, 3.05) is 26.3 Å². The number of nitrogens with zero attached hydrogens (tertiary/aromatic N) is 2. The van der Waals surface area contributed by atoms with E-state index in [1.165, 1.54) is 0 Å². The van der Waals surface area contributed by atoms with Crippen molar-refractivity contribution < 1.29 is 18.7 Å². The van der Waals surface area contributed by atoms with E-state index in [1.807, 2.05) is 59.5 Å². The molecule has 1 aliphatic rings. The monoisotopic (exact) mass is 448 g/mol. The van der Waals surface area contributed by atoms with E-state index in [-0.39, 0.29) is 5.91 Å². The average molecular weight is 449 g/mol. The molecular weight excluding hydrogens is 428 g/mol. The number of morpholine rings is 1. The van der Waals surface area contributed by atoms with Crippen LogP contribution in [0.1, 0.15) is 5.56 Å². The minimum atomic E-state index is 0.121. The first-order valence-corrected chi connectivity index (χ1v) is 10.8. The van der Waals surface area contributed by atoms with E-state index in [9.17, 15) is 4.79 Å². The van der Waals surface area contributed by atoms with Gasteiger partial charge < -0.3 is 18.8 Å². The average Bonchev–Trinajstić information content (AvgIpc) is 3.25. The van der Waals surface area contributed by atoms with Crippen LogP contribution in [0, 0.1) is 0 Å². The van der Waals surface area contributed by atoms with E-state index in [0.29, 0.717) is 66.2 Å². The van der Waals surface area contributed by atoms with Crippen molar-refractivity contribution in [2.45, 2.75) is 6.42 Å². The molecule has 5 rings (SSSR count). The van der Waals surface area contributed by atoms with Crippen LogP contribution in [0.5, 0.6) is 11.5 Å². The van der Waals surface area contributed by atoms with Crippen molar-refractivity contribution in [2.24, 2.45) is 0 Å². The maximum atomic E-state index is 12.4. The second-order valence-corrected chi connectivity index (χ2v) is 8.01. The summed E-state index contributed by atoms with van der Waals surface area (Å²) in [5, 5.41) is 0.658. The fourth-order valence-electron chi connectivity index (χ4n) is 3.60. The van der Waals surface area contributed by atoms with Crippen LogP contribution in [-0.2, 0) is 16.0 Å². The minimum Gasteiger partial charge on any atom is -0.457 e. The third kappa shape index (κ3) is 4.61. The second-order valence-electron chi connectivity index (χ2n) is 7.57. The minimum absolute atomic E-state index is 0.121. The summed E-state index contributed by atoms with van der Waals surface area (Å²) in [6, 6.07) is 20.4. The summed E-state index contributed by atoms with van der Waals surface area (Å²) < 4.78 is 17.1. The lowest BCUT2D eigenvalue weighted by Gasteiger charge is -2.26. The Bertz CT molecular complexity index is 1230. The molecule has 4 aromatic rings. The molecule has 1 aliphatic heterocycles. The molecule has 7 heteroatoms. The topological polar surface area (TPSA) is 64.8 Å². The zero-order valence-electron chi connectivity index (χ0n) is 17.3. The number of rotatable bonds is 5. The lowest BCUT2D eigenvalue weighted by molar-refractivity contribution is -0.134. The van der Waals surface area contributed by atoms with Crippen LogP contribution in [0.4, 0.5) is 0 Å². The van der Waals surface area contributed by atoms with Crippen molar-refractivity contribution in [3.8, 4) is 23.0 Å². The summed E-state index contributed by atoms with van der Waals surface area (Å²) in [5.41, 5.74) is 3.19. The predicted molar refractivity (Wildman–Crippen MR) is 122 cm³/mol. The van der Waals surface area contributed by atoms with Crippen LogP contribution >= 0.6 is 11.6 Å². The van der Waals surface area contributed by atoms with E-state index in [4.69, 9.17) is 25.5 Å². The molecular formula is C25H21ClN2O4. The molecule has 0 saturated carbocycles. The van der Waals surface area contributed by atoms with Crippen molar-refractivity contribution in [1.82, 2.24) is 9.88 Å². The molecule has 0 aliphatic carbocycles. The first kappa shape index (κ1) is 20.5. The molecule has 0 bridgehead atoms. The van der Waals surface area contributed by atoms with E-state index < -0.39 is 0 Å². The summed E-state index contributed by atoms with van der Waals surface area (Å²) in [6.07, 6.45) is 0.374. The van der Waals surface area contributed by atoms with Crippen LogP contribution < -0.4 is 4.74 Å². The number of fused-ring (bicyclic) bond motifs is 1. The number of amides is 1. The Morgan fingerprint density at radius 1 is 0.969 bits per heavy atom. The zero-order chi connectivity index (χ0) is 21.9. The maximum Gasteiger partial charge on any atom is 0.227 e. The van der Waals surface area contributed by atoms with Crippen LogP contribution in [0.25, 0.3) is 22.6 Å². The predicted octanol–water partition coefficient (Wildman–Crippen LogP) is 5.34. The normalized spacial score (nSPS) is 14.0. The summed E-state index contributed by atoms with van der Waals surface area (Å²) in [4.78, 5) is 18.9. The molecule has 1 saturated heterocycles. The lowest BCUT2D eigenvalue weighted by atomic mass is 10.1. The molecule has 0 radical (unpaired) electrons. The quantitative estimate of drug-likeness (QED) is 0.412. The highest BCUT2D eigenvalue weighted by molar-refractivity contribution is 6.30. The number of hydrogen-bond donors (Lipinski definition) is 0. The third-order valence-corrected chi connectivity index (χ3v) is 5.58. The van der Waals surface area contributed by atoms with Gasteiger partial charge in [-0.3, -0.25) is 4.79 Å². The Hall–Kier alpha value is -3.35. The van der Waals surface area contributed by atoms with Gasteiger partial charge in [-0.15, -0.1) is 0 Å². The molecule has 1 amide bonds. The highest BCUT2D eigenvalue weighted by atomic mass is 35.5. The Labute approximate surface area is 190 Å². The summed E-state index contributed by atoms with van der Waals surface area (Å²) in [5.74, 6) is 2.00. The lowest BCUT2D eigenvalue weighted by Crippen LogP contribution is -2.41. The van der Waals surface area contributed by atoms with Gasteiger partial charge in [-0.05, 0) is 54.1 Å². The first-order valence-electron chi connectivity index (χ1n) is 10.4. The number of carbonyl (C=O) groups is 1. The van der Waals surface area contributed by atoms with Gasteiger partial charge >= 0.3 is 0 Å². The van der Waals surface area contributed by atoms with Crippen molar-refractivity contribution in [3.63, 3.8) is 0 Å².